The largest absolute Gasteiger partial charge is 0.314 e. The Bertz CT molecular complexity index is 345. The molecule has 2 unspecified atom stereocenters. The van der Waals surface area contributed by atoms with E-state index >= 15 is 0 Å². The molecule has 1 saturated carbocycles. The van der Waals surface area contributed by atoms with Gasteiger partial charge in [-0.1, -0.05) is 50.5 Å². The van der Waals surface area contributed by atoms with Crippen LogP contribution in [-0.2, 0) is 0 Å². The van der Waals surface area contributed by atoms with Crippen LogP contribution in [-0.4, -0.2) is 12.6 Å². The van der Waals surface area contributed by atoms with Gasteiger partial charge in [0.25, 0.3) is 0 Å². The first-order chi connectivity index (χ1) is 8.33. The Morgan fingerprint density at radius 2 is 1.88 bits per heavy atom. The molecule has 1 aliphatic carbocycles. The fourth-order valence-electron chi connectivity index (χ4n) is 3.19. The number of likely N-dealkylation sites (N-methyl/N-ethyl adjacent to an activating group) is 1. The molecule has 0 amide bonds. The van der Waals surface area contributed by atoms with Crippen molar-refractivity contribution in [2.75, 3.05) is 6.54 Å². The minimum Gasteiger partial charge on any atom is -0.314 e. The van der Waals surface area contributed by atoms with Crippen LogP contribution in [0.15, 0.2) is 24.3 Å². The second kappa shape index (κ2) is 6.20. The fourth-order valence-corrected chi connectivity index (χ4v) is 3.19. The van der Waals surface area contributed by atoms with Crippen LogP contribution < -0.4 is 5.32 Å². The second-order valence-corrected chi connectivity index (χ2v) is 5.27. The van der Waals surface area contributed by atoms with Crippen molar-refractivity contribution < 1.29 is 0 Å². The Morgan fingerprint density at radius 3 is 2.65 bits per heavy atom. The van der Waals surface area contributed by atoms with Gasteiger partial charge in [-0.3, -0.25) is 0 Å². The predicted octanol–water partition coefficient (Wildman–Crippen LogP) is 4.02. The summed E-state index contributed by atoms with van der Waals surface area (Å²) in [5.74, 6) is 0.721. The molecule has 0 saturated heterocycles. The Hall–Kier alpha value is -0.820. The van der Waals surface area contributed by atoms with Crippen LogP contribution >= 0.6 is 0 Å². The van der Waals surface area contributed by atoms with Crippen molar-refractivity contribution in [3.05, 3.63) is 35.4 Å². The van der Waals surface area contributed by atoms with Gasteiger partial charge >= 0.3 is 0 Å². The Kier molecular flexibility index (Phi) is 4.61. The van der Waals surface area contributed by atoms with E-state index in [1.165, 1.54) is 37.7 Å². The molecule has 1 heteroatoms. The van der Waals surface area contributed by atoms with Crippen molar-refractivity contribution in [3.63, 3.8) is 0 Å². The second-order valence-electron chi connectivity index (χ2n) is 5.27. The fraction of sp³-hybridized carbons (Fsp3) is 0.625. The van der Waals surface area contributed by atoms with Crippen molar-refractivity contribution in [2.45, 2.75) is 57.9 Å². The highest BCUT2D eigenvalue weighted by atomic mass is 14.9. The molecule has 2 rings (SSSR count). The molecule has 1 nitrogen and oxygen atoms in total. The molecule has 1 aromatic carbocycles. The van der Waals surface area contributed by atoms with Crippen molar-refractivity contribution in [2.24, 2.45) is 0 Å². The van der Waals surface area contributed by atoms with Gasteiger partial charge < -0.3 is 5.32 Å². The highest BCUT2D eigenvalue weighted by molar-refractivity contribution is 5.30. The smallest absolute Gasteiger partial charge is 0.0136 e. The van der Waals surface area contributed by atoms with Crippen LogP contribution in [0.3, 0.4) is 0 Å². The first kappa shape index (κ1) is 12.6. The number of nitrogens with one attached hydrogen (secondary N) is 1. The van der Waals surface area contributed by atoms with Crippen molar-refractivity contribution in [1.29, 1.82) is 0 Å². The molecule has 0 radical (unpaired) electrons. The molecule has 0 aliphatic heterocycles. The summed E-state index contributed by atoms with van der Waals surface area (Å²) in [6.45, 7) is 5.57. The van der Waals surface area contributed by atoms with Gasteiger partial charge in [-0.25, -0.2) is 0 Å². The van der Waals surface area contributed by atoms with Crippen LogP contribution in [0.5, 0.6) is 0 Å². The molecule has 0 heterocycles. The lowest BCUT2D eigenvalue weighted by molar-refractivity contribution is 0.418. The van der Waals surface area contributed by atoms with E-state index in [0.717, 1.165) is 12.5 Å². The zero-order valence-electron chi connectivity index (χ0n) is 11.2. The minimum absolute atomic E-state index is 0.684. The molecule has 0 spiro atoms. The lowest BCUT2D eigenvalue weighted by atomic mass is 9.85. The number of benzene rings is 1. The molecule has 1 N–H and O–H groups in total. The number of hydrogen-bond donors (Lipinski definition) is 1. The van der Waals surface area contributed by atoms with E-state index in [9.17, 15) is 0 Å². The highest BCUT2D eigenvalue weighted by Gasteiger charge is 2.25. The van der Waals surface area contributed by atoms with Crippen molar-refractivity contribution >= 4 is 0 Å². The molecular formula is C16H25N. The number of aryl methyl sites for hydroxylation is 1. The Balaban J connectivity index is 2.22. The maximum Gasteiger partial charge on any atom is 0.0136 e. The predicted molar refractivity (Wildman–Crippen MR) is 74.5 cm³/mol. The standard InChI is InChI=1S/C16H25N/c1-3-17-16-12-6-4-5-11-15(16)14-10-8-7-9-13(14)2/h7-10,15-17H,3-6,11-12H2,1-2H3. The van der Waals surface area contributed by atoms with Gasteiger partial charge in [0, 0.05) is 6.04 Å². The third-order valence-electron chi connectivity index (χ3n) is 4.07. The molecule has 17 heavy (non-hydrogen) atoms. The third-order valence-corrected chi connectivity index (χ3v) is 4.07. The molecular weight excluding hydrogens is 206 g/mol. The van der Waals surface area contributed by atoms with Gasteiger partial charge in [0.1, 0.15) is 0 Å². The number of hydrogen-bond acceptors (Lipinski definition) is 1. The molecule has 94 valence electrons. The van der Waals surface area contributed by atoms with Crippen molar-refractivity contribution in [3.8, 4) is 0 Å². The summed E-state index contributed by atoms with van der Waals surface area (Å²) in [7, 11) is 0. The molecule has 0 bridgehead atoms. The van der Waals surface area contributed by atoms with Gasteiger partial charge in [-0.2, -0.15) is 0 Å². The molecule has 0 aromatic heterocycles. The SMILES string of the molecule is CCNC1CCCCCC1c1ccccc1C. The van der Waals surface area contributed by atoms with E-state index in [0.29, 0.717) is 6.04 Å². The average Bonchev–Trinajstić information content (AvgIpc) is 2.56. The van der Waals surface area contributed by atoms with Gasteiger partial charge in [0.05, 0.1) is 0 Å². The minimum atomic E-state index is 0.684. The van der Waals surface area contributed by atoms with Crippen LogP contribution in [0.25, 0.3) is 0 Å². The summed E-state index contributed by atoms with van der Waals surface area (Å²) in [5.41, 5.74) is 3.03. The first-order valence-electron chi connectivity index (χ1n) is 7.12. The Morgan fingerprint density at radius 1 is 1.12 bits per heavy atom. The maximum atomic E-state index is 3.70. The van der Waals surface area contributed by atoms with Crippen LogP contribution in [0.1, 0.15) is 56.1 Å². The summed E-state index contributed by atoms with van der Waals surface area (Å²) < 4.78 is 0. The molecule has 1 aromatic rings. The lowest BCUT2D eigenvalue weighted by Gasteiger charge is -2.27. The Labute approximate surface area is 106 Å². The van der Waals surface area contributed by atoms with E-state index in [1.54, 1.807) is 5.56 Å². The lowest BCUT2D eigenvalue weighted by Crippen LogP contribution is -2.34. The van der Waals surface area contributed by atoms with Crippen molar-refractivity contribution in [1.82, 2.24) is 5.32 Å². The summed E-state index contributed by atoms with van der Waals surface area (Å²) >= 11 is 0. The third kappa shape index (κ3) is 3.10. The van der Waals surface area contributed by atoms with Gasteiger partial charge in [-0.15, -0.1) is 0 Å². The van der Waals surface area contributed by atoms with Crippen LogP contribution in [0.2, 0.25) is 0 Å². The number of rotatable bonds is 3. The van der Waals surface area contributed by atoms with E-state index in [1.807, 2.05) is 0 Å². The summed E-state index contributed by atoms with van der Waals surface area (Å²) in [4.78, 5) is 0. The van der Waals surface area contributed by atoms with E-state index in [4.69, 9.17) is 0 Å². The summed E-state index contributed by atoms with van der Waals surface area (Å²) in [6, 6.07) is 9.61. The summed E-state index contributed by atoms with van der Waals surface area (Å²) in [6.07, 6.45) is 6.88. The normalized spacial score (nSPS) is 25.5. The van der Waals surface area contributed by atoms with Gasteiger partial charge in [-0.05, 0) is 43.4 Å². The van der Waals surface area contributed by atoms with E-state index < -0.39 is 0 Å². The van der Waals surface area contributed by atoms with Crippen LogP contribution in [0, 0.1) is 6.92 Å². The molecule has 1 fully saturated rings. The van der Waals surface area contributed by atoms with Gasteiger partial charge in [0.15, 0.2) is 0 Å². The monoisotopic (exact) mass is 231 g/mol. The van der Waals surface area contributed by atoms with Gasteiger partial charge in [0.2, 0.25) is 0 Å². The molecule has 1 aliphatic rings. The highest BCUT2D eigenvalue weighted by Crippen LogP contribution is 2.33. The quantitative estimate of drug-likeness (QED) is 0.775. The molecule has 2 atom stereocenters. The van der Waals surface area contributed by atoms with Crippen LogP contribution in [0.4, 0.5) is 0 Å². The average molecular weight is 231 g/mol. The topological polar surface area (TPSA) is 12.0 Å². The maximum absolute atomic E-state index is 3.70. The zero-order valence-corrected chi connectivity index (χ0v) is 11.2. The summed E-state index contributed by atoms with van der Waals surface area (Å²) in [5, 5.41) is 3.70. The first-order valence-corrected chi connectivity index (χ1v) is 7.12. The van der Waals surface area contributed by atoms with E-state index in [-0.39, 0.29) is 0 Å². The zero-order chi connectivity index (χ0) is 12.1. The van der Waals surface area contributed by atoms with E-state index in [2.05, 4.69) is 43.4 Å².